The van der Waals surface area contributed by atoms with Gasteiger partial charge in [0.05, 0.1) is 6.10 Å². The zero-order valence-electron chi connectivity index (χ0n) is 11.6. The van der Waals surface area contributed by atoms with Crippen LogP contribution in [0.3, 0.4) is 0 Å². The van der Waals surface area contributed by atoms with E-state index in [2.05, 4.69) is 10.1 Å². The minimum Gasteiger partial charge on any atom is -0.353 e. The summed E-state index contributed by atoms with van der Waals surface area (Å²) in [6.45, 7) is 3.26. The summed E-state index contributed by atoms with van der Waals surface area (Å²) in [5, 5.41) is 2.73. The van der Waals surface area contributed by atoms with Crippen LogP contribution in [0.15, 0.2) is 24.3 Å². The Bertz CT molecular complexity index is 377. The Labute approximate surface area is 116 Å². The van der Waals surface area contributed by atoms with Crippen molar-refractivity contribution < 1.29 is 22.7 Å². The van der Waals surface area contributed by atoms with E-state index in [9.17, 15) is 18.0 Å². The van der Waals surface area contributed by atoms with Crippen molar-refractivity contribution in [3.63, 3.8) is 0 Å². The molecule has 3 nitrogen and oxygen atoms in total. The van der Waals surface area contributed by atoms with Crippen LogP contribution in [-0.2, 0) is 9.53 Å². The number of nitrogens with one attached hydrogen (secondary N) is 1. The molecule has 20 heavy (non-hydrogen) atoms. The highest BCUT2D eigenvalue weighted by atomic mass is 19.4. The molecule has 0 aromatic heterocycles. The fourth-order valence-corrected chi connectivity index (χ4v) is 2.43. The first-order valence-electron chi connectivity index (χ1n) is 6.68. The number of hydrogen-bond acceptors (Lipinski definition) is 2. The second-order valence-electron chi connectivity index (χ2n) is 4.84. The average Bonchev–Trinajstić information content (AvgIpc) is 2.29. The maximum Gasteiger partial charge on any atom is 0.523 e. The van der Waals surface area contributed by atoms with Gasteiger partial charge in [-0.15, -0.1) is 13.2 Å². The molecule has 0 heterocycles. The predicted octanol–water partition coefficient (Wildman–Crippen LogP) is 3.33. The maximum absolute atomic E-state index is 12.5. The van der Waals surface area contributed by atoms with E-state index in [1.807, 2.05) is 13.0 Å². The van der Waals surface area contributed by atoms with Gasteiger partial charge in [0.25, 0.3) is 0 Å². The number of ether oxygens (including phenoxy) is 1. The van der Waals surface area contributed by atoms with Crippen LogP contribution in [0.4, 0.5) is 13.2 Å². The Morgan fingerprint density at radius 1 is 1.40 bits per heavy atom. The number of rotatable bonds is 4. The lowest BCUT2D eigenvalue weighted by atomic mass is 9.85. The molecule has 114 valence electrons. The van der Waals surface area contributed by atoms with Crippen molar-refractivity contribution >= 4 is 5.91 Å². The van der Waals surface area contributed by atoms with Crippen molar-refractivity contribution in [2.24, 2.45) is 5.92 Å². The quantitative estimate of drug-likeness (QED) is 0.863. The molecule has 0 fully saturated rings. The first-order valence-corrected chi connectivity index (χ1v) is 6.68. The molecule has 1 amide bonds. The zero-order chi connectivity index (χ0) is 15.2. The molecule has 1 rings (SSSR count). The Morgan fingerprint density at radius 3 is 2.65 bits per heavy atom. The van der Waals surface area contributed by atoms with Gasteiger partial charge in [-0.3, -0.25) is 9.53 Å². The van der Waals surface area contributed by atoms with Crippen LogP contribution >= 0.6 is 0 Å². The van der Waals surface area contributed by atoms with Crippen molar-refractivity contribution in [3.05, 3.63) is 24.3 Å². The van der Waals surface area contributed by atoms with E-state index >= 15 is 0 Å². The molecule has 0 aromatic carbocycles. The fourth-order valence-electron chi connectivity index (χ4n) is 2.43. The van der Waals surface area contributed by atoms with Crippen molar-refractivity contribution in [2.75, 3.05) is 0 Å². The first-order chi connectivity index (χ1) is 9.33. The molecule has 3 unspecified atom stereocenters. The number of halogens is 3. The van der Waals surface area contributed by atoms with E-state index in [-0.39, 0.29) is 11.9 Å². The van der Waals surface area contributed by atoms with Gasteiger partial charge in [0.15, 0.2) is 0 Å². The van der Waals surface area contributed by atoms with E-state index in [4.69, 9.17) is 0 Å². The van der Waals surface area contributed by atoms with E-state index in [0.29, 0.717) is 12.8 Å². The van der Waals surface area contributed by atoms with Crippen LogP contribution in [0.2, 0.25) is 0 Å². The minimum absolute atomic E-state index is 0.250. The largest absolute Gasteiger partial charge is 0.523 e. The van der Waals surface area contributed by atoms with Gasteiger partial charge < -0.3 is 5.32 Å². The van der Waals surface area contributed by atoms with Crippen LogP contribution in [0.1, 0.15) is 33.1 Å². The number of hydrogen-bond donors (Lipinski definition) is 1. The number of amides is 1. The van der Waals surface area contributed by atoms with Gasteiger partial charge in [0, 0.05) is 18.9 Å². The lowest BCUT2D eigenvalue weighted by molar-refractivity contribution is -0.342. The third-order valence-electron chi connectivity index (χ3n) is 3.16. The molecule has 0 aromatic rings. The van der Waals surface area contributed by atoms with Gasteiger partial charge in [0.1, 0.15) is 0 Å². The Balaban J connectivity index is 2.96. The SMILES string of the molecule is CCCC1C(NC(C)=O)CC=CC=CC1OC(F)(F)F. The summed E-state index contributed by atoms with van der Waals surface area (Å²) in [6.07, 6.45) is 2.45. The van der Waals surface area contributed by atoms with E-state index < -0.39 is 18.4 Å². The van der Waals surface area contributed by atoms with E-state index in [1.165, 1.54) is 13.0 Å². The Hall–Kier alpha value is -1.30. The van der Waals surface area contributed by atoms with Gasteiger partial charge >= 0.3 is 6.36 Å². The summed E-state index contributed by atoms with van der Waals surface area (Å²) in [4.78, 5) is 11.2. The molecule has 1 aliphatic carbocycles. The maximum atomic E-state index is 12.5. The summed E-state index contributed by atoms with van der Waals surface area (Å²) in [5.41, 5.74) is 0. The molecule has 0 saturated heterocycles. The molecule has 1 aliphatic rings. The van der Waals surface area contributed by atoms with Crippen LogP contribution in [-0.4, -0.2) is 24.4 Å². The fraction of sp³-hybridized carbons (Fsp3) is 0.643. The summed E-state index contributed by atoms with van der Waals surface area (Å²) in [7, 11) is 0. The lowest BCUT2D eigenvalue weighted by Gasteiger charge is -2.33. The number of carbonyl (C=O) groups is 1. The van der Waals surface area contributed by atoms with Crippen molar-refractivity contribution in [2.45, 2.75) is 51.6 Å². The first kappa shape index (κ1) is 16.8. The van der Waals surface area contributed by atoms with Crippen molar-refractivity contribution in [1.82, 2.24) is 5.32 Å². The van der Waals surface area contributed by atoms with E-state index in [0.717, 1.165) is 6.42 Å². The average molecular weight is 291 g/mol. The predicted molar refractivity (Wildman–Crippen MR) is 69.8 cm³/mol. The Kier molecular flexibility index (Phi) is 6.26. The van der Waals surface area contributed by atoms with Crippen LogP contribution in [0.5, 0.6) is 0 Å². The molecule has 6 heteroatoms. The van der Waals surface area contributed by atoms with Crippen LogP contribution in [0, 0.1) is 5.92 Å². The molecule has 3 atom stereocenters. The molecular formula is C14H20F3NO2. The highest BCUT2D eigenvalue weighted by molar-refractivity contribution is 5.73. The van der Waals surface area contributed by atoms with Gasteiger partial charge in [-0.25, -0.2) is 0 Å². The topological polar surface area (TPSA) is 38.3 Å². The summed E-state index contributed by atoms with van der Waals surface area (Å²) >= 11 is 0. The standard InChI is InChI=1S/C14H20F3NO2/c1-3-7-11-12(18-10(2)19)8-5-4-6-9-13(11)20-14(15,16)17/h4-6,9,11-13H,3,7-8H2,1-2H3,(H,18,19). The molecule has 0 saturated carbocycles. The molecule has 1 N–H and O–H groups in total. The Morgan fingerprint density at radius 2 is 2.10 bits per heavy atom. The third kappa shape index (κ3) is 5.77. The van der Waals surface area contributed by atoms with Crippen LogP contribution in [0.25, 0.3) is 0 Å². The highest BCUT2D eigenvalue weighted by Gasteiger charge is 2.38. The monoisotopic (exact) mass is 291 g/mol. The summed E-state index contributed by atoms with van der Waals surface area (Å²) in [5.74, 6) is -0.661. The van der Waals surface area contributed by atoms with Gasteiger partial charge in [-0.1, -0.05) is 37.6 Å². The molecule has 0 radical (unpaired) electrons. The van der Waals surface area contributed by atoms with Crippen molar-refractivity contribution in [3.8, 4) is 0 Å². The molecule has 0 bridgehead atoms. The van der Waals surface area contributed by atoms with Crippen molar-refractivity contribution in [1.29, 1.82) is 0 Å². The zero-order valence-corrected chi connectivity index (χ0v) is 11.6. The smallest absolute Gasteiger partial charge is 0.353 e. The van der Waals surface area contributed by atoms with E-state index in [1.54, 1.807) is 12.2 Å². The lowest BCUT2D eigenvalue weighted by Crippen LogP contribution is -2.45. The number of allylic oxidation sites excluding steroid dienone is 2. The molecule has 0 spiro atoms. The second-order valence-corrected chi connectivity index (χ2v) is 4.84. The van der Waals surface area contributed by atoms with Gasteiger partial charge in [-0.2, -0.15) is 0 Å². The molecular weight excluding hydrogens is 271 g/mol. The van der Waals surface area contributed by atoms with Crippen LogP contribution < -0.4 is 5.32 Å². The third-order valence-corrected chi connectivity index (χ3v) is 3.16. The minimum atomic E-state index is -4.69. The van der Waals surface area contributed by atoms with Gasteiger partial charge in [-0.05, 0) is 12.8 Å². The van der Waals surface area contributed by atoms with Gasteiger partial charge in [0.2, 0.25) is 5.91 Å². The number of alkyl halides is 3. The summed E-state index contributed by atoms with van der Waals surface area (Å²) in [6, 6.07) is -0.360. The summed E-state index contributed by atoms with van der Waals surface area (Å²) < 4.78 is 41.8. The molecule has 0 aliphatic heterocycles. The highest BCUT2D eigenvalue weighted by Crippen LogP contribution is 2.29. The second kappa shape index (κ2) is 7.47. The normalized spacial score (nSPS) is 26.9. The number of carbonyl (C=O) groups excluding carboxylic acids is 1.